The minimum Gasteiger partial charge on any atom is -0.369 e. The quantitative estimate of drug-likeness (QED) is 0.781. The van der Waals surface area contributed by atoms with Gasteiger partial charge in [0.1, 0.15) is 12.9 Å². The molecule has 1 aliphatic rings. The zero-order chi connectivity index (χ0) is 10.7. The van der Waals surface area contributed by atoms with Gasteiger partial charge in [-0.3, -0.25) is 0 Å². The van der Waals surface area contributed by atoms with E-state index in [0.29, 0.717) is 18.6 Å². The van der Waals surface area contributed by atoms with Crippen LogP contribution in [-0.4, -0.2) is 34.0 Å². The number of nitrogens with one attached hydrogen (secondary N) is 1. The van der Waals surface area contributed by atoms with Crippen LogP contribution in [0, 0.1) is 5.92 Å². The van der Waals surface area contributed by atoms with Gasteiger partial charge in [-0.05, 0) is 18.9 Å². The van der Waals surface area contributed by atoms with Gasteiger partial charge in [-0.1, -0.05) is 6.92 Å². The SMILES string of the molecule is CC1CCNCC1OCc1nncn1C. The van der Waals surface area contributed by atoms with E-state index in [2.05, 4.69) is 22.4 Å². The highest BCUT2D eigenvalue weighted by Crippen LogP contribution is 2.15. The van der Waals surface area contributed by atoms with E-state index in [4.69, 9.17) is 4.74 Å². The topological polar surface area (TPSA) is 52.0 Å². The highest BCUT2D eigenvalue weighted by Gasteiger charge is 2.21. The monoisotopic (exact) mass is 210 g/mol. The van der Waals surface area contributed by atoms with Crippen LogP contribution in [0.3, 0.4) is 0 Å². The number of nitrogens with zero attached hydrogens (tertiary/aromatic N) is 3. The summed E-state index contributed by atoms with van der Waals surface area (Å²) in [5, 5.41) is 11.2. The van der Waals surface area contributed by atoms with Crippen LogP contribution >= 0.6 is 0 Å². The fourth-order valence-corrected chi connectivity index (χ4v) is 1.80. The molecule has 0 aliphatic carbocycles. The summed E-state index contributed by atoms with van der Waals surface area (Å²) in [7, 11) is 1.93. The van der Waals surface area contributed by atoms with Crippen molar-refractivity contribution in [2.75, 3.05) is 13.1 Å². The van der Waals surface area contributed by atoms with Crippen LogP contribution in [0.4, 0.5) is 0 Å². The lowest BCUT2D eigenvalue weighted by molar-refractivity contribution is -0.0104. The minimum absolute atomic E-state index is 0.301. The first kappa shape index (κ1) is 10.6. The van der Waals surface area contributed by atoms with Crippen LogP contribution < -0.4 is 5.32 Å². The molecule has 2 heterocycles. The molecule has 0 amide bonds. The molecule has 1 saturated heterocycles. The molecule has 0 bridgehead atoms. The molecule has 1 N–H and O–H groups in total. The third-order valence-electron chi connectivity index (χ3n) is 2.99. The zero-order valence-electron chi connectivity index (χ0n) is 9.31. The highest BCUT2D eigenvalue weighted by molar-refractivity contribution is 4.82. The molecule has 5 heteroatoms. The van der Waals surface area contributed by atoms with E-state index in [1.807, 2.05) is 11.6 Å². The standard InChI is InChI=1S/C10H18N4O/c1-8-3-4-11-5-9(8)15-6-10-13-12-7-14(10)2/h7-9,11H,3-6H2,1-2H3. The van der Waals surface area contributed by atoms with Crippen molar-refractivity contribution in [3.63, 3.8) is 0 Å². The van der Waals surface area contributed by atoms with Crippen molar-refractivity contribution in [2.45, 2.75) is 26.1 Å². The van der Waals surface area contributed by atoms with Crippen LogP contribution in [0.2, 0.25) is 0 Å². The summed E-state index contributed by atoms with van der Waals surface area (Å²) < 4.78 is 7.72. The molecule has 1 aromatic rings. The Balaban J connectivity index is 1.84. The Bertz CT molecular complexity index is 312. The van der Waals surface area contributed by atoms with Crippen molar-refractivity contribution < 1.29 is 4.74 Å². The Hall–Kier alpha value is -0.940. The Morgan fingerprint density at radius 2 is 2.53 bits per heavy atom. The van der Waals surface area contributed by atoms with Crippen molar-refractivity contribution >= 4 is 0 Å². The molecule has 2 unspecified atom stereocenters. The summed E-state index contributed by atoms with van der Waals surface area (Å²) in [6.45, 7) is 4.83. The van der Waals surface area contributed by atoms with E-state index in [-0.39, 0.29) is 0 Å². The molecule has 84 valence electrons. The molecule has 0 radical (unpaired) electrons. The molecule has 5 nitrogen and oxygen atoms in total. The van der Waals surface area contributed by atoms with Crippen LogP contribution in [0.15, 0.2) is 6.33 Å². The molecular weight excluding hydrogens is 192 g/mol. The van der Waals surface area contributed by atoms with Gasteiger partial charge < -0.3 is 14.6 Å². The molecule has 15 heavy (non-hydrogen) atoms. The largest absolute Gasteiger partial charge is 0.369 e. The van der Waals surface area contributed by atoms with E-state index >= 15 is 0 Å². The maximum atomic E-state index is 5.83. The van der Waals surface area contributed by atoms with Gasteiger partial charge in [-0.25, -0.2) is 0 Å². The number of piperidine rings is 1. The van der Waals surface area contributed by atoms with Gasteiger partial charge in [0, 0.05) is 13.6 Å². The maximum absolute atomic E-state index is 5.83. The Morgan fingerprint density at radius 1 is 1.67 bits per heavy atom. The first-order chi connectivity index (χ1) is 7.27. The highest BCUT2D eigenvalue weighted by atomic mass is 16.5. The third kappa shape index (κ3) is 2.54. The molecule has 1 fully saturated rings. The Morgan fingerprint density at radius 3 is 3.20 bits per heavy atom. The fraction of sp³-hybridized carbons (Fsp3) is 0.800. The lowest BCUT2D eigenvalue weighted by Crippen LogP contribution is -2.41. The molecule has 0 aromatic carbocycles. The van der Waals surface area contributed by atoms with Gasteiger partial charge in [-0.15, -0.1) is 10.2 Å². The van der Waals surface area contributed by atoms with Crippen molar-refractivity contribution in [1.82, 2.24) is 20.1 Å². The normalized spacial score (nSPS) is 26.8. The van der Waals surface area contributed by atoms with E-state index in [1.165, 1.54) is 6.42 Å². The molecule has 2 rings (SSSR count). The Kier molecular flexibility index (Phi) is 3.33. The van der Waals surface area contributed by atoms with E-state index in [0.717, 1.165) is 18.9 Å². The number of rotatable bonds is 3. The van der Waals surface area contributed by atoms with Gasteiger partial charge in [0.15, 0.2) is 5.82 Å². The minimum atomic E-state index is 0.301. The molecule has 0 saturated carbocycles. The molecule has 0 spiro atoms. The second-order valence-electron chi connectivity index (χ2n) is 4.18. The summed E-state index contributed by atoms with van der Waals surface area (Å²) in [5.41, 5.74) is 0. The van der Waals surface area contributed by atoms with Crippen LogP contribution in [-0.2, 0) is 18.4 Å². The second-order valence-corrected chi connectivity index (χ2v) is 4.18. The zero-order valence-corrected chi connectivity index (χ0v) is 9.31. The lowest BCUT2D eigenvalue weighted by Gasteiger charge is -2.29. The second kappa shape index (κ2) is 4.72. The van der Waals surface area contributed by atoms with Crippen molar-refractivity contribution in [3.8, 4) is 0 Å². The van der Waals surface area contributed by atoms with Crippen LogP contribution in [0.1, 0.15) is 19.2 Å². The summed E-state index contributed by atoms with van der Waals surface area (Å²) in [4.78, 5) is 0. The fourth-order valence-electron chi connectivity index (χ4n) is 1.80. The maximum Gasteiger partial charge on any atom is 0.158 e. The smallest absolute Gasteiger partial charge is 0.158 e. The summed E-state index contributed by atoms with van der Waals surface area (Å²) in [6, 6.07) is 0. The van der Waals surface area contributed by atoms with Gasteiger partial charge in [0.2, 0.25) is 0 Å². The van der Waals surface area contributed by atoms with Crippen molar-refractivity contribution in [2.24, 2.45) is 13.0 Å². The van der Waals surface area contributed by atoms with Gasteiger partial charge >= 0.3 is 0 Å². The van der Waals surface area contributed by atoms with E-state index < -0.39 is 0 Å². The average molecular weight is 210 g/mol. The number of aromatic nitrogens is 3. The number of hydrogen-bond acceptors (Lipinski definition) is 4. The molecule has 1 aliphatic heterocycles. The Labute approximate surface area is 89.8 Å². The van der Waals surface area contributed by atoms with Crippen LogP contribution in [0.5, 0.6) is 0 Å². The predicted octanol–water partition coefficient (Wildman–Crippen LogP) is 0.330. The number of hydrogen-bond donors (Lipinski definition) is 1. The van der Waals surface area contributed by atoms with E-state index in [1.54, 1.807) is 6.33 Å². The van der Waals surface area contributed by atoms with Crippen LogP contribution in [0.25, 0.3) is 0 Å². The van der Waals surface area contributed by atoms with Gasteiger partial charge in [0.05, 0.1) is 6.10 Å². The van der Waals surface area contributed by atoms with Crippen molar-refractivity contribution in [3.05, 3.63) is 12.2 Å². The first-order valence-electron chi connectivity index (χ1n) is 5.42. The summed E-state index contributed by atoms with van der Waals surface area (Å²) in [5.74, 6) is 1.51. The first-order valence-corrected chi connectivity index (χ1v) is 5.42. The van der Waals surface area contributed by atoms with Gasteiger partial charge in [0.25, 0.3) is 0 Å². The summed E-state index contributed by atoms with van der Waals surface area (Å²) in [6.07, 6.45) is 3.18. The molecular formula is C10H18N4O. The molecule has 2 atom stereocenters. The molecule has 1 aromatic heterocycles. The number of aryl methyl sites for hydroxylation is 1. The van der Waals surface area contributed by atoms with E-state index in [9.17, 15) is 0 Å². The van der Waals surface area contributed by atoms with Crippen molar-refractivity contribution in [1.29, 1.82) is 0 Å². The summed E-state index contributed by atoms with van der Waals surface area (Å²) >= 11 is 0. The average Bonchev–Trinajstić information content (AvgIpc) is 2.63. The number of ether oxygens (including phenoxy) is 1. The predicted molar refractivity (Wildman–Crippen MR) is 56.2 cm³/mol. The van der Waals surface area contributed by atoms with Gasteiger partial charge in [-0.2, -0.15) is 0 Å². The third-order valence-corrected chi connectivity index (χ3v) is 2.99. The lowest BCUT2D eigenvalue weighted by atomic mass is 9.97.